The van der Waals surface area contributed by atoms with E-state index in [9.17, 15) is 18.0 Å². The van der Waals surface area contributed by atoms with E-state index in [0.717, 1.165) is 6.42 Å². The molecule has 0 spiro atoms. The first-order valence-corrected chi connectivity index (χ1v) is 11.1. The first-order valence-electron chi connectivity index (χ1n) is 9.64. The highest BCUT2D eigenvalue weighted by Gasteiger charge is 2.39. The molecule has 29 heavy (non-hydrogen) atoms. The molecule has 0 aliphatic carbocycles. The molecule has 4 rings (SSSR count). The van der Waals surface area contributed by atoms with Gasteiger partial charge in [-0.05, 0) is 55.7 Å². The van der Waals surface area contributed by atoms with E-state index in [2.05, 4.69) is 0 Å². The van der Waals surface area contributed by atoms with Gasteiger partial charge in [0.1, 0.15) is 0 Å². The van der Waals surface area contributed by atoms with Crippen LogP contribution in [0, 0.1) is 0 Å². The zero-order chi connectivity index (χ0) is 20.8. The van der Waals surface area contributed by atoms with E-state index in [1.165, 1.54) is 16.4 Å². The Morgan fingerprint density at radius 1 is 1.10 bits per heavy atom. The summed E-state index contributed by atoms with van der Waals surface area (Å²) in [7, 11) is -3.85. The van der Waals surface area contributed by atoms with Crippen LogP contribution in [0.25, 0.3) is 0 Å². The number of para-hydroxylation sites is 1. The quantitative estimate of drug-likeness (QED) is 0.831. The van der Waals surface area contributed by atoms with Gasteiger partial charge in [-0.1, -0.05) is 18.2 Å². The number of amides is 2. The van der Waals surface area contributed by atoms with E-state index < -0.39 is 27.9 Å². The maximum absolute atomic E-state index is 13.5. The highest BCUT2D eigenvalue weighted by Crippen LogP contribution is 2.41. The van der Waals surface area contributed by atoms with Crippen LogP contribution >= 0.6 is 0 Å². The first-order chi connectivity index (χ1) is 13.8. The predicted molar refractivity (Wildman–Crippen MR) is 110 cm³/mol. The van der Waals surface area contributed by atoms with Crippen LogP contribution in [-0.4, -0.2) is 32.8 Å². The largest absolute Gasteiger partial charge is 0.369 e. The molecule has 1 saturated heterocycles. The zero-order valence-electron chi connectivity index (χ0n) is 16.1. The molecule has 2 aromatic carbocycles. The number of carbonyl (C=O) groups is 2. The Morgan fingerprint density at radius 3 is 2.41 bits per heavy atom. The van der Waals surface area contributed by atoms with Crippen molar-refractivity contribution in [2.24, 2.45) is 5.73 Å². The highest BCUT2D eigenvalue weighted by molar-refractivity contribution is 7.92. The van der Waals surface area contributed by atoms with Gasteiger partial charge in [-0.2, -0.15) is 0 Å². The van der Waals surface area contributed by atoms with Crippen LogP contribution in [0.1, 0.15) is 37.7 Å². The Kier molecular flexibility index (Phi) is 4.82. The molecule has 2 unspecified atom stereocenters. The molecule has 152 valence electrons. The molecule has 2 amide bonds. The van der Waals surface area contributed by atoms with Crippen molar-refractivity contribution in [2.45, 2.75) is 43.0 Å². The summed E-state index contributed by atoms with van der Waals surface area (Å²) in [5, 5.41) is 0. The molecule has 0 saturated carbocycles. The number of rotatable bonds is 4. The van der Waals surface area contributed by atoms with Crippen LogP contribution in [0.3, 0.4) is 0 Å². The third kappa shape index (κ3) is 3.27. The maximum Gasteiger partial charge on any atom is 0.264 e. The molecule has 2 aromatic rings. The summed E-state index contributed by atoms with van der Waals surface area (Å²) in [5.74, 6) is -0.922. The molecule has 2 heterocycles. The third-order valence-corrected chi connectivity index (χ3v) is 7.59. The summed E-state index contributed by atoms with van der Waals surface area (Å²) in [6, 6.07) is 13.0. The third-order valence-electron chi connectivity index (χ3n) is 5.65. The van der Waals surface area contributed by atoms with Crippen molar-refractivity contribution in [3.8, 4) is 0 Å². The van der Waals surface area contributed by atoms with E-state index in [1.807, 2.05) is 0 Å². The predicted octanol–water partition coefficient (Wildman–Crippen LogP) is 2.37. The summed E-state index contributed by atoms with van der Waals surface area (Å²) in [6.07, 6.45) is 1.65. The van der Waals surface area contributed by atoms with Crippen LogP contribution in [0.15, 0.2) is 53.4 Å². The standard InChI is InChI=1S/C21H23N3O4S/c1-14-13-18(21(22)26)17-5-2-3-6-19(17)24(14)29(27,28)16-10-8-15(9-11-16)23-12-4-7-20(23)25/h2-3,5-6,8-11,14,18H,4,7,12-13H2,1H3,(H2,22,26). The lowest BCUT2D eigenvalue weighted by molar-refractivity contribution is -0.120. The van der Waals surface area contributed by atoms with Gasteiger partial charge in [-0.15, -0.1) is 0 Å². The molecule has 0 aromatic heterocycles. The van der Waals surface area contributed by atoms with Gasteiger partial charge >= 0.3 is 0 Å². The van der Waals surface area contributed by atoms with Gasteiger partial charge < -0.3 is 10.6 Å². The van der Waals surface area contributed by atoms with Gasteiger partial charge in [-0.25, -0.2) is 8.42 Å². The number of benzene rings is 2. The van der Waals surface area contributed by atoms with E-state index in [-0.39, 0.29) is 10.8 Å². The van der Waals surface area contributed by atoms with Gasteiger partial charge in [0.25, 0.3) is 10.0 Å². The molecule has 0 radical (unpaired) electrons. The lowest BCUT2D eigenvalue weighted by atomic mass is 9.87. The van der Waals surface area contributed by atoms with Crippen molar-refractivity contribution in [3.63, 3.8) is 0 Å². The Morgan fingerprint density at radius 2 is 1.79 bits per heavy atom. The fourth-order valence-electron chi connectivity index (χ4n) is 4.25. The number of nitrogens with zero attached hydrogens (tertiary/aromatic N) is 2. The van der Waals surface area contributed by atoms with Crippen molar-refractivity contribution in [3.05, 3.63) is 54.1 Å². The lowest BCUT2D eigenvalue weighted by Crippen LogP contribution is -2.45. The molecular weight excluding hydrogens is 390 g/mol. The molecule has 0 bridgehead atoms. The molecule has 2 aliphatic rings. The van der Waals surface area contributed by atoms with Gasteiger partial charge in [0.15, 0.2) is 0 Å². The van der Waals surface area contributed by atoms with Crippen LogP contribution in [0.4, 0.5) is 11.4 Å². The van der Waals surface area contributed by atoms with E-state index >= 15 is 0 Å². The molecular formula is C21H23N3O4S. The number of fused-ring (bicyclic) bond motifs is 1. The van der Waals surface area contributed by atoms with Crippen LogP contribution in [0.2, 0.25) is 0 Å². The second-order valence-corrected chi connectivity index (χ2v) is 9.36. The van der Waals surface area contributed by atoms with E-state index in [1.54, 1.807) is 48.2 Å². The van der Waals surface area contributed by atoms with Crippen molar-refractivity contribution >= 4 is 33.2 Å². The highest BCUT2D eigenvalue weighted by atomic mass is 32.2. The van der Waals surface area contributed by atoms with Crippen molar-refractivity contribution in [1.29, 1.82) is 0 Å². The van der Waals surface area contributed by atoms with Gasteiger partial charge in [0, 0.05) is 24.7 Å². The first kappa shape index (κ1) is 19.4. The summed E-state index contributed by atoms with van der Waals surface area (Å²) in [4.78, 5) is 25.7. The number of anilines is 2. The van der Waals surface area contributed by atoms with Crippen LogP contribution < -0.4 is 14.9 Å². The Labute approximate surface area is 170 Å². The summed E-state index contributed by atoms with van der Waals surface area (Å²) in [6.45, 7) is 2.43. The lowest BCUT2D eigenvalue weighted by Gasteiger charge is -2.38. The smallest absolute Gasteiger partial charge is 0.264 e. The second-order valence-electron chi connectivity index (χ2n) is 7.54. The summed E-state index contributed by atoms with van der Waals surface area (Å²) < 4.78 is 28.3. The number of carbonyl (C=O) groups excluding carboxylic acids is 2. The minimum Gasteiger partial charge on any atom is -0.369 e. The number of nitrogens with two attached hydrogens (primary N) is 1. The van der Waals surface area contributed by atoms with Crippen molar-refractivity contribution < 1.29 is 18.0 Å². The maximum atomic E-state index is 13.5. The monoisotopic (exact) mass is 413 g/mol. The normalized spacial score (nSPS) is 21.9. The fourth-order valence-corrected chi connectivity index (χ4v) is 5.94. The molecule has 1 fully saturated rings. The molecule has 8 heteroatoms. The molecule has 7 nitrogen and oxygen atoms in total. The molecule has 2 atom stereocenters. The topological polar surface area (TPSA) is 101 Å². The van der Waals surface area contributed by atoms with Crippen molar-refractivity contribution in [2.75, 3.05) is 15.7 Å². The van der Waals surface area contributed by atoms with Crippen LogP contribution in [-0.2, 0) is 19.6 Å². The van der Waals surface area contributed by atoms with E-state index in [0.29, 0.717) is 36.3 Å². The Balaban J connectivity index is 1.72. The molecule has 2 aliphatic heterocycles. The van der Waals surface area contributed by atoms with Crippen molar-refractivity contribution in [1.82, 2.24) is 0 Å². The SMILES string of the molecule is CC1CC(C(N)=O)c2ccccc2N1S(=O)(=O)c1ccc(N2CCCC2=O)cc1. The van der Waals surface area contributed by atoms with Gasteiger partial charge in [-0.3, -0.25) is 13.9 Å². The minimum absolute atomic E-state index is 0.0525. The average Bonchev–Trinajstić information content (AvgIpc) is 3.13. The minimum atomic E-state index is -3.85. The Hall–Kier alpha value is -2.87. The number of primary amides is 1. The number of hydrogen-bond acceptors (Lipinski definition) is 4. The summed E-state index contributed by atoms with van der Waals surface area (Å²) >= 11 is 0. The number of hydrogen-bond donors (Lipinski definition) is 1. The average molecular weight is 413 g/mol. The fraction of sp³-hybridized carbons (Fsp3) is 0.333. The Bertz CT molecular complexity index is 1070. The van der Waals surface area contributed by atoms with E-state index in [4.69, 9.17) is 5.73 Å². The van der Waals surface area contributed by atoms with Gasteiger partial charge in [0.05, 0.1) is 16.5 Å². The zero-order valence-corrected chi connectivity index (χ0v) is 16.9. The number of sulfonamides is 1. The summed E-state index contributed by atoms with van der Waals surface area (Å²) in [5.41, 5.74) is 7.37. The van der Waals surface area contributed by atoms with Crippen LogP contribution in [0.5, 0.6) is 0 Å². The second kappa shape index (κ2) is 7.18. The molecule has 2 N–H and O–H groups in total. The van der Waals surface area contributed by atoms with Gasteiger partial charge in [0.2, 0.25) is 11.8 Å².